The van der Waals surface area contributed by atoms with Gasteiger partial charge in [-0.15, -0.1) is 0 Å². The van der Waals surface area contributed by atoms with E-state index in [1.807, 2.05) is 0 Å². The molecule has 0 aromatic heterocycles. The molecule has 5 nitrogen and oxygen atoms in total. The maximum absolute atomic E-state index is 11.9. The smallest absolute Gasteiger partial charge is 0.251 e. The topological polar surface area (TPSA) is 95.6 Å². The molecule has 5 N–H and O–H groups in total. The molecule has 0 bridgehead atoms. The molecule has 1 aromatic rings. The molecule has 0 aliphatic heterocycles. The Morgan fingerprint density at radius 2 is 2.11 bits per heavy atom. The average molecular weight is 264 g/mol. The van der Waals surface area contributed by atoms with Crippen LogP contribution in [0.2, 0.25) is 0 Å². The summed E-state index contributed by atoms with van der Waals surface area (Å²) in [5.41, 5.74) is 6.25. The van der Waals surface area contributed by atoms with Gasteiger partial charge in [-0.2, -0.15) is 0 Å². The van der Waals surface area contributed by atoms with Crippen molar-refractivity contribution in [2.45, 2.75) is 31.7 Å². The number of phenols is 2. The molecule has 0 heterocycles. The first-order valence-electron chi connectivity index (χ1n) is 6.62. The van der Waals surface area contributed by atoms with Gasteiger partial charge in [0, 0.05) is 18.2 Å². The summed E-state index contributed by atoms with van der Waals surface area (Å²) in [4.78, 5) is 11.9. The van der Waals surface area contributed by atoms with Crippen LogP contribution in [0, 0.1) is 5.92 Å². The summed E-state index contributed by atoms with van der Waals surface area (Å²) in [6, 6.07) is 4.29. The van der Waals surface area contributed by atoms with Crippen molar-refractivity contribution < 1.29 is 15.0 Å². The number of benzene rings is 1. The number of hydrogen-bond acceptors (Lipinski definition) is 4. The summed E-state index contributed by atoms with van der Waals surface area (Å²) in [7, 11) is 0. The van der Waals surface area contributed by atoms with Gasteiger partial charge in [0.05, 0.1) is 0 Å². The number of carbonyl (C=O) groups excluding carboxylic acids is 1. The second-order valence-corrected chi connectivity index (χ2v) is 5.21. The molecule has 0 radical (unpaired) electrons. The van der Waals surface area contributed by atoms with E-state index in [-0.39, 0.29) is 23.4 Å². The van der Waals surface area contributed by atoms with Crippen LogP contribution in [0.3, 0.4) is 0 Å². The lowest BCUT2D eigenvalue weighted by Gasteiger charge is -2.26. The van der Waals surface area contributed by atoms with Crippen molar-refractivity contribution in [1.82, 2.24) is 5.32 Å². The Bertz CT molecular complexity index is 462. The molecular formula is C14H20N2O3. The van der Waals surface area contributed by atoms with E-state index in [4.69, 9.17) is 5.73 Å². The minimum Gasteiger partial charge on any atom is -0.504 e. The van der Waals surface area contributed by atoms with Crippen LogP contribution in [-0.4, -0.2) is 28.7 Å². The van der Waals surface area contributed by atoms with E-state index in [1.165, 1.54) is 18.2 Å². The largest absolute Gasteiger partial charge is 0.504 e. The fraction of sp³-hybridized carbons (Fsp3) is 0.500. The molecule has 5 heteroatoms. The van der Waals surface area contributed by atoms with Crippen LogP contribution in [-0.2, 0) is 0 Å². The van der Waals surface area contributed by atoms with E-state index >= 15 is 0 Å². The van der Waals surface area contributed by atoms with Crippen molar-refractivity contribution in [3.05, 3.63) is 23.8 Å². The van der Waals surface area contributed by atoms with Crippen LogP contribution in [0.5, 0.6) is 11.5 Å². The van der Waals surface area contributed by atoms with Gasteiger partial charge in [0.25, 0.3) is 5.91 Å². The maximum Gasteiger partial charge on any atom is 0.251 e. The minimum absolute atomic E-state index is 0.227. The van der Waals surface area contributed by atoms with Crippen LogP contribution in [0.15, 0.2) is 18.2 Å². The first-order valence-corrected chi connectivity index (χ1v) is 6.62. The predicted molar refractivity (Wildman–Crippen MR) is 72.0 cm³/mol. The number of carbonyl (C=O) groups is 1. The molecule has 0 saturated heterocycles. The molecule has 1 aromatic carbocycles. The molecule has 1 aliphatic carbocycles. The highest BCUT2D eigenvalue weighted by molar-refractivity contribution is 5.94. The highest BCUT2D eigenvalue weighted by Crippen LogP contribution is 2.25. The van der Waals surface area contributed by atoms with E-state index in [0.717, 1.165) is 25.7 Å². The Hall–Kier alpha value is -1.75. The highest BCUT2D eigenvalue weighted by atomic mass is 16.3. The number of nitrogens with two attached hydrogens (primary N) is 1. The molecule has 1 amide bonds. The zero-order valence-corrected chi connectivity index (χ0v) is 10.8. The van der Waals surface area contributed by atoms with Crippen molar-refractivity contribution in [2.75, 3.05) is 6.54 Å². The Kier molecular flexibility index (Phi) is 4.27. The van der Waals surface area contributed by atoms with Crippen molar-refractivity contribution in [2.24, 2.45) is 11.7 Å². The van der Waals surface area contributed by atoms with Crippen LogP contribution >= 0.6 is 0 Å². The number of hydrogen-bond donors (Lipinski definition) is 4. The Morgan fingerprint density at radius 3 is 2.79 bits per heavy atom. The van der Waals surface area contributed by atoms with Crippen LogP contribution < -0.4 is 11.1 Å². The summed E-state index contributed by atoms with van der Waals surface area (Å²) >= 11 is 0. The Balaban J connectivity index is 1.88. The zero-order valence-electron chi connectivity index (χ0n) is 10.8. The Labute approximate surface area is 112 Å². The van der Waals surface area contributed by atoms with Gasteiger partial charge < -0.3 is 21.3 Å². The molecule has 1 saturated carbocycles. The van der Waals surface area contributed by atoms with Crippen molar-refractivity contribution >= 4 is 5.91 Å². The lowest BCUT2D eigenvalue weighted by atomic mass is 9.86. The number of nitrogens with one attached hydrogen (secondary N) is 1. The molecule has 2 atom stereocenters. The number of rotatable bonds is 3. The van der Waals surface area contributed by atoms with Gasteiger partial charge in [-0.05, 0) is 43.4 Å². The summed E-state index contributed by atoms with van der Waals surface area (Å²) in [6.45, 7) is 0.605. The van der Waals surface area contributed by atoms with Crippen molar-refractivity contribution in [3.63, 3.8) is 0 Å². The molecule has 2 rings (SSSR count). The molecule has 1 aliphatic rings. The standard InChI is InChI=1S/C14H20N2O3/c15-11-3-1-2-9(6-11)8-16-14(19)10-4-5-12(17)13(18)7-10/h4-5,7,9,11,17-18H,1-3,6,8,15H2,(H,16,19). The Morgan fingerprint density at radius 1 is 1.32 bits per heavy atom. The van der Waals surface area contributed by atoms with E-state index in [0.29, 0.717) is 18.0 Å². The lowest BCUT2D eigenvalue weighted by molar-refractivity contribution is 0.0942. The molecular weight excluding hydrogens is 244 g/mol. The molecule has 1 fully saturated rings. The predicted octanol–water partition coefficient (Wildman–Crippen LogP) is 1.35. The summed E-state index contributed by atoms with van der Waals surface area (Å²) in [5, 5.41) is 21.4. The normalized spacial score (nSPS) is 23.0. The fourth-order valence-electron chi connectivity index (χ4n) is 2.52. The van der Waals surface area contributed by atoms with E-state index < -0.39 is 0 Å². The first-order chi connectivity index (χ1) is 9.06. The highest BCUT2D eigenvalue weighted by Gasteiger charge is 2.20. The fourth-order valence-corrected chi connectivity index (χ4v) is 2.52. The van der Waals surface area contributed by atoms with Gasteiger partial charge in [0.15, 0.2) is 11.5 Å². The summed E-state index contributed by atoms with van der Waals surface area (Å²) in [6.07, 6.45) is 4.22. The van der Waals surface area contributed by atoms with Gasteiger partial charge in [0.1, 0.15) is 0 Å². The maximum atomic E-state index is 11.9. The van der Waals surface area contributed by atoms with Crippen molar-refractivity contribution in [1.29, 1.82) is 0 Å². The van der Waals surface area contributed by atoms with Gasteiger partial charge in [0.2, 0.25) is 0 Å². The van der Waals surface area contributed by atoms with Gasteiger partial charge in [-0.25, -0.2) is 0 Å². The minimum atomic E-state index is -0.285. The number of phenolic OH excluding ortho intramolecular Hbond substituents is 2. The average Bonchev–Trinajstić information content (AvgIpc) is 2.39. The number of aromatic hydroxyl groups is 2. The van der Waals surface area contributed by atoms with Crippen LogP contribution in [0.4, 0.5) is 0 Å². The van der Waals surface area contributed by atoms with E-state index in [2.05, 4.69) is 5.32 Å². The van der Waals surface area contributed by atoms with E-state index in [1.54, 1.807) is 0 Å². The SMILES string of the molecule is NC1CCCC(CNC(=O)c2ccc(O)c(O)c2)C1. The van der Waals surface area contributed by atoms with Crippen LogP contribution in [0.25, 0.3) is 0 Å². The second kappa shape index (κ2) is 5.93. The molecule has 104 valence electrons. The van der Waals surface area contributed by atoms with Gasteiger partial charge >= 0.3 is 0 Å². The monoisotopic (exact) mass is 264 g/mol. The lowest BCUT2D eigenvalue weighted by Crippen LogP contribution is -2.35. The van der Waals surface area contributed by atoms with Gasteiger partial charge in [-0.3, -0.25) is 4.79 Å². The second-order valence-electron chi connectivity index (χ2n) is 5.21. The molecule has 19 heavy (non-hydrogen) atoms. The molecule has 0 spiro atoms. The van der Waals surface area contributed by atoms with Gasteiger partial charge in [-0.1, -0.05) is 6.42 Å². The van der Waals surface area contributed by atoms with Crippen molar-refractivity contribution in [3.8, 4) is 11.5 Å². The third kappa shape index (κ3) is 3.61. The molecule has 2 unspecified atom stereocenters. The summed E-state index contributed by atoms with van der Waals surface area (Å²) in [5.74, 6) is -0.324. The quantitative estimate of drug-likeness (QED) is 0.620. The zero-order chi connectivity index (χ0) is 13.8. The van der Waals surface area contributed by atoms with Crippen LogP contribution in [0.1, 0.15) is 36.0 Å². The summed E-state index contributed by atoms with van der Waals surface area (Å²) < 4.78 is 0. The number of amides is 1. The first kappa shape index (κ1) is 13.7. The third-order valence-corrected chi connectivity index (χ3v) is 3.61. The van der Waals surface area contributed by atoms with E-state index in [9.17, 15) is 15.0 Å². The third-order valence-electron chi connectivity index (χ3n) is 3.61.